The minimum Gasteiger partial charge on any atom is -0.388 e. The molecular weight excluding hydrogens is 506 g/mol. The summed E-state index contributed by atoms with van der Waals surface area (Å²) in [5, 5.41) is 18.2. The molecule has 4 aromatic rings. The highest BCUT2D eigenvalue weighted by molar-refractivity contribution is 7.99. The normalized spacial score (nSPS) is 15.5. The first-order valence-corrected chi connectivity index (χ1v) is 13.3. The molecule has 196 valence electrons. The second-order valence-electron chi connectivity index (χ2n) is 9.53. The van der Waals surface area contributed by atoms with Gasteiger partial charge in [0.2, 0.25) is 0 Å². The Bertz CT molecular complexity index is 1400. The van der Waals surface area contributed by atoms with E-state index in [0.29, 0.717) is 5.16 Å². The summed E-state index contributed by atoms with van der Waals surface area (Å²) in [6.07, 6.45) is 1.64. The minimum absolute atomic E-state index is 0.212. The number of benzene rings is 3. The van der Waals surface area contributed by atoms with Crippen LogP contribution in [0.4, 0.5) is 8.78 Å². The van der Waals surface area contributed by atoms with Gasteiger partial charge in [0, 0.05) is 19.2 Å². The highest BCUT2D eigenvalue weighted by atomic mass is 32.2. The van der Waals surface area contributed by atoms with E-state index in [4.69, 9.17) is 5.11 Å². The SMILES string of the molecule is Cn1c(Sc2c(F)cc(C(=O)CO)cc2F)nnc1C1(c2ccccc2)CCN(Cc2ccccc2)CC1. The second kappa shape index (κ2) is 11.1. The number of aromatic nitrogens is 3. The van der Waals surface area contributed by atoms with Gasteiger partial charge in [-0.05, 0) is 61.0 Å². The fourth-order valence-corrected chi connectivity index (χ4v) is 5.95. The van der Waals surface area contributed by atoms with Crippen molar-refractivity contribution in [3.8, 4) is 0 Å². The summed E-state index contributed by atoms with van der Waals surface area (Å²) < 4.78 is 31.4. The van der Waals surface area contributed by atoms with Crippen LogP contribution in [-0.4, -0.2) is 50.3 Å². The first-order chi connectivity index (χ1) is 18.4. The quantitative estimate of drug-likeness (QED) is 0.321. The van der Waals surface area contributed by atoms with Gasteiger partial charge in [0.15, 0.2) is 10.9 Å². The van der Waals surface area contributed by atoms with Gasteiger partial charge in [-0.3, -0.25) is 9.69 Å². The Balaban J connectivity index is 1.44. The molecule has 6 nitrogen and oxygen atoms in total. The van der Waals surface area contributed by atoms with Gasteiger partial charge in [-0.15, -0.1) is 10.2 Å². The number of piperidine rings is 1. The molecule has 0 saturated carbocycles. The maximum absolute atomic E-state index is 14.8. The van der Waals surface area contributed by atoms with Crippen LogP contribution in [0.2, 0.25) is 0 Å². The van der Waals surface area contributed by atoms with Crippen LogP contribution in [0.1, 0.15) is 40.2 Å². The van der Waals surface area contributed by atoms with Crippen molar-refractivity contribution in [3.05, 3.63) is 107 Å². The molecule has 0 unspecified atom stereocenters. The Morgan fingerprint density at radius 1 is 0.974 bits per heavy atom. The van der Waals surface area contributed by atoms with E-state index in [2.05, 4.69) is 51.5 Å². The fourth-order valence-electron chi connectivity index (χ4n) is 5.15. The van der Waals surface area contributed by atoms with Gasteiger partial charge in [0.25, 0.3) is 0 Å². The average molecular weight is 535 g/mol. The van der Waals surface area contributed by atoms with Gasteiger partial charge in [-0.2, -0.15) is 0 Å². The summed E-state index contributed by atoms with van der Waals surface area (Å²) in [7, 11) is 1.82. The third-order valence-electron chi connectivity index (χ3n) is 7.21. The van der Waals surface area contributed by atoms with Crippen LogP contribution in [0.3, 0.4) is 0 Å². The van der Waals surface area contributed by atoms with Crippen molar-refractivity contribution in [3.63, 3.8) is 0 Å². The zero-order valence-corrected chi connectivity index (χ0v) is 21.8. The number of carbonyl (C=O) groups excluding carboxylic acids is 1. The molecular formula is C29H28F2N4O2S. The predicted molar refractivity (Wildman–Crippen MR) is 141 cm³/mol. The fraction of sp³-hybridized carbons (Fsp3) is 0.276. The van der Waals surface area contributed by atoms with E-state index in [1.807, 2.05) is 35.9 Å². The molecule has 0 amide bonds. The maximum Gasteiger partial charge on any atom is 0.196 e. The van der Waals surface area contributed by atoms with Crippen molar-refractivity contribution >= 4 is 17.5 Å². The van der Waals surface area contributed by atoms with Crippen LogP contribution >= 0.6 is 11.8 Å². The third-order valence-corrected chi connectivity index (χ3v) is 8.34. The molecule has 0 spiro atoms. The maximum atomic E-state index is 14.8. The topological polar surface area (TPSA) is 71.2 Å². The molecule has 2 heterocycles. The molecule has 38 heavy (non-hydrogen) atoms. The van der Waals surface area contributed by atoms with Crippen molar-refractivity contribution in [2.75, 3.05) is 19.7 Å². The molecule has 1 aliphatic heterocycles. The second-order valence-corrected chi connectivity index (χ2v) is 10.5. The molecule has 1 saturated heterocycles. The van der Waals surface area contributed by atoms with Gasteiger partial charge in [0.05, 0.1) is 10.3 Å². The first kappa shape index (κ1) is 26.2. The standard InChI is InChI=1S/C29H28F2N4O2S/c1-34-27(32-33-28(34)38-26-23(30)16-21(17-24(26)31)25(37)19-36)29(22-10-6-3-7-11-22)12-14-35(15-13-29)18-20-8-4-2-5-9-20/h2-11,16-17,36H,12-15,18-19H2,1H3. The van der Waals surface area contributed by atoms with Crippen molar-refractivity contribution in [2.45, 2.75) is 34.9 Å². The van der Waals surface area contributed by atoms with E-state index in [-0.39, 0.29) is 10.5 Å². The van der Waals surface area contributed by atoms with Gasteiger partial charge < -0.3 is 9.67 Å². The summed E-state index contributed by atoms with van der Waals surface area (Å²) in [4.78, 5) is 13.9. The summed E-state index contributed by atoms with van der Waals surface area (Å²) in [5.74, 6) is -1.77. The van der Waals surface area contributed by atoms with Crippen molar-refractivity contribution < 1.29 is 18.7 Å². The minimum atomic E-state index is -0.886. The molecule has 0 atom stereocenters. The number of carbonyl (C=O) groups is 1. The first-order valence-electron chi connectivity index (χ1n) is 12.4. The Morgan fingerprint density at radius 2 is 1.58 bits per heavy atom. The third kappa shape index (κ3) is 5.14. The van der Waals surface area contributed by atoms with Gasteiger partial charge >= 0.3 is 0 Å². The number of likely N-dealkylation sites (tertiary alicyclic amines) is 1. The van der Waals surface area contributed by atoms with Crippen molar-refractivity contribution in [1.29, 1.82) is 0 Å². The van der Waals surface area contributed by atoms with Gasteiger partial charge in [0.1, 0.15) is 24.1 Å². The molecule has 1 aromatic heterocycles. The van der Waals surface area contributed by atoms with E-state index in [9.17, 15) is 13.6 Å². The Hall–Kier alpha value is -3.40. The molecule has 1 fully saturated rings. The number of aliphatic hydroxyl groups excluding tert-OH is 1. The molecule has 1 aliphatic rings. The molecule has 9 heteroatoms. The van der Waals surface area contributed by atoms with Crippen molar-refractivity contribution in [1.82, 2.24) is 19.7 Å². The van der Waals surface area contributed by atoms with Crippen LogP contribution < -0.4 is 0 Å². The van der Waals surface area contributed by atoms with Crippen molar-refractivity contribution in [2.24, 2.45) is 7.05 Å². The van der Waals surface area contributed by atoms with Gasteiger partial charge in [-0.25, -0.2) is 8.78 Å². The number of nitrogens with zero attached hydrogens (tertiary/aromatic N) is 4. The highest BCUT2D eigenvalue weighted by Crippen LogP contribution is 2.42. The highest BCUT2D eigenvalue weighted by Gasteiger charge is 2.42. The van der Waals surface area contributed by atoms with E-state index in [1.165, 1.54) is 5.56 Å². The monoisotopic (exact) mass is 534 g/mol. The van der Waals surface area contributed by atoms with Crippen LogP contribution in [0.25, 0.3) is 0 Å². The van der Waals surface area contributed by atoms with Crippen LogP contribution in [0.15, 0.2) is 82.8 Å². The lowest BCUT2D eigenvalue weighted by Gasteiger charge is -2.41. The molecule has 1 N–H and O–H groups in total. The lowest BCUT2D eigenvalue weighted by Crippen LogP contribution is -2.44. The molecule has 3 aromatic carbocycles. The number of halogens is 2. The summed E-state index contributed by atoms with van der Waals surface area (Å²) in [6, 6.07) is 22.5. The average Bonchev–Trinajstić information content (AvgIpc) is 3.32. The number of aliphatic hydroxyl groups is 1. The van der Waals surface area contributed by atoms with Gasteiger partial charge in [-0.1, -0.05) is 60.7 Å². The lowest BCUT2D eigenvalue weighted by molar-refractivity contribution is 0.0902. The number of rotatable bonds is 8. The molecule has 0 aliphatic carbocycles. The van der Waals surface area contributed by atoms with Crippen LogP contribution in [0.5, 0.6) is 0 Å². The Morgan fingerprint density at radius 3 is 2.18 bits per heavy atom. The smallest absolute Gasteiger partial charge is 0.196 e. The zero-order chi connectivity index (χ0) is 26.7. The summed E-state index contributed by atoms with van der Waals surface area (Å²) >= 11 is 0.832. The molecule has 0 radical (unpaired) electrons. The largest absolute Gasteiger partial charge is 0.388 e. The number of hydrogen-bond acceptors (Lipinski definition) is 6. The van der Waals surface area contributed by atoms with Crippen LogP contribution in [0, 0.1) is 11.6 Å². The number of Topliss-reactive ketones (excluding diaryl/α,β-unsaturated/α-hetero) is 1. The van der Waals surface area contributed by atoms with E-state index >= 15 is 0 Å². The van der Waals surface area contributed by atoms with E-state index in [1.54, 1.807) is 0 Å². The van der Waals surface area contributed by atoms with E-state index in [0.717, 1.165) is 67.8 Å². The van der Waals surface area contributed by atoms with E-state index < -0.39 is 29.4 Å². The predicted octanol–water partition coefficient (Wildman–Crippen LogP) is 5.00. The Labute approximate surface area is 224 Å². The Kier molecular flexibility index (Phi) is 7.69. The zero-order valence-electron chi connectivity index (χ0n) is 21.0. The summed E-state index contributed by atoms with van der Waals surface area (Å²) in [5.41, 5.74) is 1.79. The lowest BCUT2D eigenvalue weighted by atomic mass is 9.72. The summed E-state index contributed by atoms with van der Waals surface area (Å²) in [6.45, 7) is 1.78. The number of ketones is 1. The molecule has 5 rings (SSSR count). The van der Waals surface area contributed by atoms with Crippen LogP contribution in [-0.2, 0) is 19.0 Å². The number of hydrogen-bond donors (Lipinski definition) is 1. The molecule has 0 bridgehead atoms.